The maximum Gasteiger partial charge on any atom is 0.0377 e. The minimum Gasteiger partial charge on any atom is -0.0906 e. The van der Waals surface area contributed by atoms with Crippen LogP contribution in [0, 0.1) is 34.5 Å². The first-order chi connectivity index (χ1) is 10.6. The lowest BCUT2D eigenvalue weighted by molar-refractivity contribution is -0.0995. The van der Waals surface area contributed by atoms with Crippen LogP contribution >= 0.6 is 0 Å². The molecule has 0 spiro atoms. The Balaban J connectivity index is 1.58. The normalized spacial score (nSPS) is 53.1. The molecule has 0 aromatic heterocycles. The van der Waals surface area contributed by atoms with Gasteiger partial charge in [-0.2, -0.15) is 0 Å². The molecule has 4 aliphatic carbocycles. The van der Waals surface area contributed by atoms with E-state index in [4.69, 9.17) is 5.53 Å². The van der Waals surface area contributed by atoms with E-state index in [0.29, 0.717) is 10.8 Å². The molecule has 4 aliphatic rings. The van der Waals surface area contributed by atoms with Crippen LogP contribution in [0.4, 0.5) is 0 Å². The van der Waals surface area contributed by atoms with Crippen molar-refractivity contribution in [1.82, 2.24) is 0 Å². The number of fused-ring (bicyclic) bond motifs is 5. The molecule has 4 rings (SSSR count). The zero-order valence-corrected chi connectivity index (χ0v) is 14.0. The van der Waals surface area contributed by atoms with E-state index in [9.17, 15) is 0 Å². The maximum absolute atomic E-state index is 8.75. The van der Waals surface area contributed by atoms with Gasteiger partial charge in [0.25, 0.3) is 0 Å². The molecule has 7 atom stereocenters. The first kappa shape index (κ1) is 14.6. The van der Waals surface area contributed by atoms with E-state index in [1.165, 1.54) is 38.5 Å². The zero-order chi connectivity index (χ0) is 15.4. The highest BCUT2D eigenvalue weighted by Gasteiger charge is 2.56. The van der Waals surface area contributed by atoms with Crippen molar-refractivity contribution in [2.75, 3.05) is 0 Å². The Morgan fingerprint density at radius 1 is 1.09 bits per heavy atom. The van der Waals surface area contributed by atoms with E-state index in [1.54, 1.807) is 0 Å². The van der Waals surface area contributed by atoms with Gasteiger partial charge in [-0.3, -0.25) is 0 Å². The van der Waals surface area contributed by atoms with Crippen molar-refractivity contribution in [2.45, 2.75) is 71.3 Å². The van der Waals surface area contributed by atoms with Gasteiger partial charge >= 0.3 is 0 Å². The summed E-state index contributed by atoms with van der Waals surface area (Å²) in [6.45, 7) is 5.08. The van der Waals surface area contributed by atoms with Gasteiger partial charge in [0.15, 0.2) is 0 Å². The fourth-order valence-electron chi connectivity index (χ4n) is 6.90. The second-order valence-corrected chi connectivity index (χ2v) is 8.97. The van der Waals surface area contributed by atoms with Crippen molar-refractivity contribution in [1.29, 1.82) is 0 Å². The Bertz CT molecular complexity index is 535. The Morgan fingerprint density at radius 3 is 2.77 bits per heavy atom. The number of nitrogens with zero attached hydrogens (tertiary/aromatic N) is 3. The van der Waals surface area contributed by atoms with Crippen LogP contribution in [-0.4, -0.2) is 6.04 Å². The van der Waals surface area contributed by atoms with E-state index in [-0.39, 0.29) is 6.04 Å². The van der Waals surface area contributed by atoms with Gasteiger partial charge in [0, 0.05) is 11.0 Å². The summed E-state index contributed by atoms with van der Waals surface area (Å²) in [4.78, 5) is 3.07. The number of hydrogen-bond acceptors (Lipinski definition) is 1. The Hall–Kier alpha value is -0.950. The van der Waals surface area contributed by atoms with E-state index < -0.39 is 0 Å². The van der Waals surface area contributed by atoms with Gasteiger partial charge in [-0.25, -0.2) is 0 Å². The van der Waals surface area contributed by atoms with Gasteiger partial charge in [0.05, 0.1) is 0 Å². The van der Waals surface area contributed by atoms with Gasteiger partial charge < -0.3 is 0 Å². The molecular formula is C19H29N3. The van der Waals surface area contributed by atoms with Gasteiger partial charge in [-0.05, 0) is 91.4 Å². The highest BCUT2D eigenvalue weighted by Crippen LogP contribution is 2.65. The number of allylic oxidation sites excluding steroid dienone is 2. The predicted octanol–water partition coefficient (Wildman–Crippen LogP) is 5.87. The fraction of sp³-hybridized carbons (Fsp3) is 0.895. The quantitative estimate of drug-likeness (QED) is 0.251. The summed E-state index contributed by atoms with van der Waals surface area (Å²) in [5.74, 6) is 3.54. The van der Waals surface area contributed by atoms with E-state index in [2.05, 4.69) is 36.0 Å². The van der Waals surface area contributed by atoms with Crippen molar-refractivity contribution in [3.05, 3.63) is 22.6 Å². The summed E-state index contributed by atoms with van der Waals surface area (Å²) in [6, 6.07) is 0.265. The molecule has 3 heteroatoms. The molecule has 0 radical (unpaired) electrons. The molecule has 0 heterocycles. The van der Waals surface area contributed by atoms with Gasteiger partial charge in [0.2, 0.25) is 0 Å². The molecule has 0 N–H and O–H groups in total. The first-order valence-electron chi connectivity index (χ1n) is 9.29. The SMILES string of the molecule is C[C@@]12CC[C@@H](N=[N+]=[N-])C[C@@H]1CC[C@H]1[C@H]3CC=C[C@]3(C)CC[C@@H]12. The number of rotatable bonds is 1. The molecule has 0 amide bonds. The zero-order valence-electron chi connectivity index (χ0n) is 14.0. The second kappa shape index (κ2) is 5.03. The lowest BCUT2D eigenvalue weighted by Gasteiger charge is -2.60. The first-order valence-corrected chi connectivity index (χ1v) is 9.29. The summed E-state index contributed by atoms with van der Waals surface area (Å²) in [6.07, 6.45) is 15.4. The summed E-state index contributed by atoms with van der Waals surface area (Å²) in [5, 5.41) is 4.04. The van der Waals surface area contributed by atoms with Crippen molar-refractivity contribution >= 4 is 0 Å². The standard InChI is InChI=1S/C19H29N3/c1-18-9-3-4-16(18)15-6-5-13-12-14(21-22-20)7-11-19(13,2)17(15)8-10-18/h3,9,13-17H,4-8,10-12H2,1-2H3/t13-,14+,15-,16+,17-,18+,19+/m0/s1. The molecule has 3 fully saturated rings. The van der Waals surface area contributed by atoms with Crippen LogP contribution in [0.15, 0.2) is 17.3 Å². The van der Waals surface area contributed by atoms with Crippen LogP contribution in [0.5, 0.6) is 0 Å². The van der Waals surface area contributed by atoms with Crippen molar-refractivity contribution < 1.29 is 0 Å². The summed E-state index contributed by atoms with van der Waals surface area (Å²) in [7, 11) is 0. The monoisotopic (exact) mass is 299 g/mol. The molecule has 120 valence electrons. The fourth-order valence-corrected chi connectivity index (χ4v) is 6.90. The van der Waals surface area contributed by atoms with Crippen LogP contribution in [0.1, 0.15) is 65.2 Å². The van der Waals surface area contributed by atoms with Gasteiger partial charge in [0.1, 0.15) is 0 Å². The van der Waals surface area contributed by atoms with Crippen molar-refractivity contribution in [2.24, 2.45) is 39.6 Å². The van der Waals surface area contributed by atoms with Crippen molar-refractivity contribution in [3.63, 3.8) is 0 Å². The minimum atomic E-state index is 0.265. The molecule has 3 saturated carbocycles. The highest BCUT2D eigenvalue weighted by atomic mass is 15.1. The van der Waals surface area contributed by atoms with E-state index >= 15 is 0 Å². The molecular weight excluding hydrogens is 270 g/mol. The number of azide groups is 1. The third-order valence-electron chi connectivity index (χ3n) is 8.18. The molecule has 0 bridgehead atoms. The van der Waals surface area contributed by atoms with Gasteiger partial charge in [-0.15, -0.1) is 0 Å². The number of hydrogen-bond donors (Lipinski definition) is 0. The molecule has 0 saturated heterocycles. The smallest absolute Gasteiger partial charge is 0.0377 e. The Labute approximate surface area is 134 Å². The molecule has 0 aliphatic heterocycles. The lowest BCUT2D eigenvalue weighted by atomic mass is 9.45. The van der Waals surface area contributed by atoms with Crippen molar-refractivity contribution in [3.8, 4) is 0 Å². The third kappa shape index (κ3) is 1.98. The molecule has 0 unspecified atom stereocenters. The summed E-state index contributed by atoms with van der Waals surface area (Å²) < 4.78 is 0. The van der Waals surface area contributed by atoms with Crippen LogP contribution in [0.25, 0.3) is 10.4 Å². The van der Waals surface area contributed by atoms with E-state index in [1.807, 2.05) is 0 Å². The topological polar surface area (TPSA) is 48.8 Å². The molecule has 3 nitrogen and oxygen atoms in total. The van der Waals surface area contributed by atoms with Crippen LogP contribution in [0.2, 0.25) is 0 Å². The Kier molecular flexibility index (Phi) is 3.34. The Morgan fingerprint density at radius 2 is 1.95 bits per heavy atom. The maximum atomic E-state index is 8.75. The minimum absolute atomic E-state index is 0.265. The largest absolute Gasteiger partial charge is 0.0906 e. The van der Waals surface area contributed by atoms with Crippen LogP contribution in [-0.2, 0) is 0 Å². The molecule has 22 heavy (non-hydrogen) atoms. The van der Waals surface area contributed by atoms with Crippen LogP contribution in [0.3, 0.4) is 0 Å². The summed E-state index contributed by atoms with van der Waals surface area (Å²) >= 11 is 0. The van der Waals surface area contributed by atoms with Gasteiger partial charge in [-0.1, -0.05) is 31.1 Å². The van der Waals surface area contributed by atoms with E-state index in [0.717, 1.165) is 36.5 Å². The summed E-state index contributed by atoms with van der Waals surface area (Å²) in [5.41, 5.74) is 9.75. The predicted molar refractivity (Wildman–Crippen MR) is 89.2 cm³/mol. The highest BCUT2D eigenvalue weighted by molar-refractivity contribution is 5.16. The third-order valence-corrected chi connectivity index (χ3v) is 8.18. The van der Waals surface area contributed by atoms with Crippen LogP contribution < -0.4 is 0 Å². The average molecular weight is 299 g/mol. The molecule has 0 aromatic carbocycles. The lowest BCUT2D eigenvalue weighted by Crippen LogP contribution is -2.53. The molecule has 0 aromatic rings. The average Bonchev–Trinajstić information content (AvgIpc) is 2.89. The second-order valence-electron chi connectivity index (χ2n) is 8.97.